The van der Waals surface area contributed by atoms with Crippen molar-refractivity contribution in [2.75, 3.05) is 29.9 Å². The van der Waals surface area contributed by atoms with E-state index in [9.17, 15) is 4.79 Å². The van der Waals surface area contributed by atoms with Crippen molar-refractivity contribution in [2.24, 2.45) is 0 Å². The van der Waals surface area contributed by atoms with Crippen molar-refractivity contribution in [3.8, 4) is 0 Å². The number of anilines is 2. The van der Waals surface area contributed by atoms with Gasteiger partial charge in [-0.25, -0.2) is 4.79 Å². The number of hydrogen-bond acceptors (Lipinski definition) is 2. The number of amides is 2. The van der Waals surface area contributed by atoms with Crippen molar-refractivity contribution >= 4 is 40.6 Å². The molecule has 3 rings (SSSR count). The highest BCUT2D eigenvalue weighted by atomic mass is 35.5. The van der Waals surface area contributed by atoms with E-state index >= 15 is 0 Å². The number of urea groups is 1. The number of carbonyl (C=O) groups is 1. The van der Waals surface area contributed by atoms with Gasteiger partial charge in [0.05, 0.1) is 15.7 Å². The van der Waals surface area contributed by atoms with E-state index in [0.717, 1.165) is 6.54 Å². The zero-order valence-corrected chi connectivity index (χ0v) is 15.8. The van der Waals surface area contributed by atoms with Gasteiger partial charge in [0, 0.05) is 31.4 Å². The minimum absolute atomic E-state index is 0.153. The fourth-order valence-electron chi connectivity index (χ4n) is 3.13. The van der Waals surface area contributed by atoms with Gasteiger partial charge in [0.1, 0.15) is 0 Å². The molecule has 0 bridgehead atoms. The Morgan fingerprint density at radius 1 is 1.16 bits per heavy atom. The highest BCUT2D eigenvalue weighted by molar-refractivity contribution is 6.43. The fourth-order valence-corrected chi connectivity index (χ4v) is 3.47. The normalized spacial score (nSPS) is 17.5. The first-order valence-corrected chi connectivity index (χ1v) is 9.04. The van der Waals surface area contributed by atoms with Crippen molar-refractivity contribution in [1.29, 1.82) is 0 Å². The molecule has 132 valence electrons. The molecule has 1 unspecified atom stereocenters. The minimum atomic E-state index is -0.153. The molecule has 25 heavy (non-hydrogen) atoms. The lowest BCUT2D eigenvalue weighted by molar-refractivity contribution is 0.200. The zero-order valence-electron chi connectivity index (χ0n) is 14.3. The molecule has 4 nitrogen and oxygen atoms in total. The summed E-state index contributed by atoms with van der Waals surface area (Å²) in [5, 5.41) is 3.65. The Morgan fingerprint density at radius 3 is 2.64 bits per heavy atom. The predicted molar refractivity (Wildman–Crippen MR) is 105 cm³/mol. The molecule has 1 N–H and O–H groups in total. The maximum atomic E-state index is 12.6. The average molecular weight is 378 g/mol. The third kappa shape index (κ3) is 4.02. The summed E-state index contributed by atoms with van der Waals surface area (Å²) in [6.07, 6.45) is 0. The number of nitrogens with one attached hydrogen (secondary N) is 1. The predicted octanol–water partition coefficient (Wildman–Crippen LogP) is 5.04. The Balaban J connectivity index is 1.66. The number of hydrogen-bond donors (Lipinski definition) is 1. The zero-order chi connectivity index (χ0) is 18.0. The minimum Gasteiger partial charge on any atom is -0.365 e. The SMILES string of the molecule is Cc1cccc(N2CCN(C(=O)Nc3cccc(Cl)c3Cl)CC2C)c1. The Bertz CT molecular complexity index is 781. The molecule has 2 amide bonds. The molecule has 6 heteroatoms. The molecular formula is C19H21Cl2N3O. The second-order valence-corrected chi connectivity index (χ2v) is 7.14. The molecule has 0 saturated carbocycles. The number of piperazine rings is 1. The van der Waals surface area contributed by atoms with Crippen LogP contribution in [0.25, 0.3) is 0 Å². The first-order valence-electron chi connectivity index (χ1n) is 8.29. The van der Waals surface area contributed by atoms with Crippen LogP contribution in [0.1, 0.15) is 12.5 Å². The van der Waals surface area contributed by atoms with Gasteiger partial charge in [-0.2, -0.15) is 0 Å². The lowest BCUT2D eigenvalue weighted by Crippen LogP contribution is -2.54. The fraction of sp³-hybridized carbons (Fsp3) is 0.316. The third-order valence-electron chi connectivity index (χ3n) is 4.44. The first-order chi connectivity index (χ1) is 12.0. The molecule has 2 aromatic rings. The van der Waals surface area contributed by atoms with E-state index in [4.69, 9.17) is 23.2 Å². The number of rotatable bonds is 2. The van der Waals surface area contributed by atoms with Crippen molar-refractivity contribution < 1.29 is 4.79 Å². The van der Waals surface area contributed by atoms with E-state index < -0.39 is 0 Å². The lowest BCUT2D eigenvalue weighted by Gasteiger charge is -2.41. The maximum Gasteiger partial charge on any atom is 0.322 e. The molecule has 1 fully saturated rings. The molecule has 2 aromatic carbocycles. The smallest absolute Gasteiger partial charge is 0.322 e. The monoisotopic (exact) mass is 377 g/mol. The highest BCUT2D eigenvalue weighted by Gasteiger charge is 2.27. The lowest BCUT2D eigenvalue weighted by atomic mass is 10.1. The van der Waals surface area contributed by atoms with Gasteiger partial charge >= 0.3 is 6.03 Å². The van der Waals surface area contributed by atoms with Crippen LogP contribution in [0.5, 0.6) is 0 Å². The van der Waals surface area contributed by atoms with Gasteiger partial charge in [-0.05, 0) is 43.7 Å². The van der Waals surface area contributed by atoms with Gasteiger partial charge in [-0.3, -0.25) is 0 Å². The largest absolute Gasteiger partial charge is 0.365 e. The van der Waals surface area contributed by atoms with Gasteiger partial charge in [0.15, 0.2) is 0 Å². The van der Waals surface area contributed by atoms with Crippen molar-refractivity contribution in [2.45, 2.75) is 19.9 Å². The van der Waals surface area contributed by atoms with Gasteiger partial charge in [0.2, 0.25) is 0 Å². The van der Waals surface area contributed by atoms with Crippen LogP contribution in [0.3, 0.4) is 0 Å². The Morgan fingerprint density at radius 2 is 1.92 bits per heavy atom. The molecule has 1 aliphatic heterocycles. The maximum absolute atomic E-state index is 12.6. The average Bonchev–Trinajstić information content (AvgIpc) is 2.58. The Kier molecular flexibility index (Phi) is 5.40. The van der Waals surface area contributed by atoms with Crippen LogP contribution in [0.15, 0.2) is 42.5 Å². The Labute approximate surface area is 158 Å². The summed E-state index contributed by atoms with van der Waals surface area (Å²) in [7, 11) is 0. The van der Waals surface area contributed by atoms with Crippen LogP contribution in [0.2, 0.25) is 10.0 Å². The summed E-state index contributed by atoms with van der Waals surface area (Å²) in [4.78, 5) is 16.7. The van der Waals surface area contributed by atoms with Crippen molar-refractivity contribution in [3.63, 3.8) is 0 Å². The molecule has 0 aliphatic carbocycles. The topological polar surface area (TPSA) is 35.6 Å². The van der Waals surface area contributed by atoms with Crippen molar-refractivity contribution in [3.05, 3.63) is 58.1 Å². The molecule has 0 spiro atoms. The molecule has 0 aromatic heterocycles. The first kappa shape index (κ1) is 17.9. The quantitative estimate of drug-likeness (QED) is 0.794. The van der Waals surface area contributed by atoms with E-state index in [1.54, 1.807) is 18.2 Å². The second kappa shape index (κ2) is 7.54. The van der Waals surface area contributed by atoms with E-state index in [1.165, 1.54) is 11.3 Å². The summed E-state index contributed by atoms with van der Waals surface area (Å²) in [5.41, 5.74) is 2.97. The van der Waals surface area contributed by atoms with E-state index in [-0.39, 0.29) is 12.1 Å². The van der Waals surface area contributed by atoms with E-state index in [1.807, 2.05) is 4.90 Å². The summed E-state index contributed by atoms with van der Waals surface area (Å²) in [5.74, 6) is 0. The summed E-state index contributed by atoms with van der Waals surface area (Å²) in [6, 6.07) is 13.7. The number of halogens is 2. The molecule has 1 saturated heterocycles. The van der Waals surface area contributed by atoms with Crippen LogP contribution >= 0.6 is 23.2 Å². The molecule has 1 atom stereocenters. The Hall–Kier alpha value is -1.91. The van der Waals surface area contributed by atoms with Gasteiger partial charge in [-0.15, -0.1) is 0 Å². The van der Waals surface area contributed by atoms with Crippen molar-refractivity contribution in [1.82, 2.24) is 4.90 Å². The second-order valence-electron chi connectivity index (χ2n) is 6.36. The van der Waals surface area contributed by atoms with Gasteiger partial charge in [-0.1, -0.05) is 41.4 Å². The number of nitrogens with zero attached hydrogens (tertiary/aromatic N) is 2. The summed E-state index contributed by atoms with van der Waals surface area (Å²) >= 11 is 12.2. The molecule has 1 aliphatic rings. The molecule has 0 radical (unpaired) electrons. The van der Waals surface area contributed by atoms with Crippen LogP contribution < -0.4 is 10.2 Å². The van der Waals surface area contributed by atoms with Crippen LogP contribution in [0, 0.1) is 6.92 Å². The molecule has 1 heterocycles. The van der Waals surface area contributed by atoms with E-state index in [2.05, 4.69) is 48.3 Å². The third-order valence-corrected chi connectivity index (χ3v) is 5.26. The van der Waals surface area contributed by atoms with Crippen LogP contribution in [-0.4, -0.2) is 36.6 Å². The standard InChI is InChI=1S/C19H21Cl2N3O/c1-13-5-3-6-15(11-13)24-10-9-23(12-14(24)2)19(25)22-17-8-4-7-16(20)18(17)21/h3-8,11,14H,9-10,12H2,1-2H3,(H,22,25). The number of aryl methyl sites for hydroxylation is 1. The highest BCUT2D eigenvalue weighted by Crippen LogP contribution is 2.30. The van der Waals surface area contributed by atoms with Crippen LogP contribution in [0.4, 0.5) is 16.2 Å². The number of benzene rings is 2. The summed E-state index contributed by atoms with van der Waals surface area (Å²) in [6.45, 7) is 6.32. The summed E-state index contributed by atoms with van der Waals surface area (Å²) < 4.78 is 0. The van der Waals surface area contributed by atoms with E-state index in [0.29, 0.717) is 28.8 Å². The number of carbonyl (C=O) groups excluding carboxylic acids is 1. The van der Waals surface area contributed by atoms with Crippen LogP contribution in [-0.2, 0) is 0 Å². The molecular weight excluding hydrogens is 357 g/mol. The van der Waals surface area contributed by atoms with Gasteiger partial charge in [0.25, 0.3) is 0 Å². The van der Waals surface area contributed by atoms with Gasteiger partial charge < -0.3 is 15.1 Å².